The molecule has 0 radical (unpaired) electrons. The van der Waals surface area contributed by atoms with Crippen LogP contribution in [0.3, 0.4) is 0 Å². The largest absolute Gasteiger partial charge is 0.340 e. The van der Waals surface area contributed by atoms with Crippen LogP contribution in [-0.2, 0) is 0 Å². The maximum atomic E-state index is 12.4. The van der Waals surface area contributed by atoms with Gasteiger partial charge in [0.15, 0.2) is 0 Å². The molecule has 104 valence electrons. The fraction of sp³-hybridized carbons (Fsp3) is 0.0588. The lowest BCUT2D eigenvalue weighted by Crippen LogP contribution is -2.28. The van der Waals surface area contributed by atoms with Crippen LogP contribution in [0.2, 0.25) is 0 Å². The fourth-order valence-electron chi connectivity index (χ4n) is 2.14. The van der Waals surface area contributed by atoms with Crippen LogP contribution in [0, 0.1) is 0 Å². The van der Waals surface area contributed by atoms with E-state index in [9.17, 15) is 4.79 Å². The van der Waals surface area contributed by atoms with Crippen LogP contribution in [0.4, 0.5) is 0 Å². The highest BCUT2D eigenvalue weighted by Crippen LogP contribution is 2.26. The normalized spacial score (nSPS) is 11.8. The zero-order valence-corrected chi connectivity index (χ0v) is 12.1. The number of rotatable bonds is 4. The van der Waals surface area contributed by atoms with Gasteiger partial charge in [0.25, 0.3) is 5.91 Å². The molecule has 0 aliphatic heterocycles. The van der Waals surface area contributed by atoms with Crippen molar-refractivity contribution in [1.29, 1.82) is 0 Å². The molecule has 1 amide bonds. The predicted molar refractivity (Wildman–Crippen MR) is 84.3 cm³/mol. The maximum absolute atomic E-state index is 12.4. The van der Waals surface area contributed by atoms with Gasteiger partial charge in [0.05, 0.1) is 6.04 Å². The van der Waals surface area contributed by atoms with Gasteiger partial charge in [-0.05, 0) is 29.1 Å². The molecule has 0 aliphatic rings. The number of aromatic nitrogens is 1. The van der Waals surface area contributed by atoms with Crippen molar-refractivity contribution in [2.45, 2.75) is 6.04 Å². The van der Waals surface area contributed by atoms with Crippen LogP contribution in [-0.4, -0.2) is 10.9 Å². The van der Waals surface area contributed by atoms with Crippen molar-refractivity contribution in [2.24, 2.45) is 0 Å². The average molecular weight is 294 g/mol. The van der Waals surface area contributed by atoms with Gasteiger partial charge < -0.3 is 5.32 Å². The van der Waals surface area contributed by atoms with Gasteiger partial charge in [0, 0.05) is 22.8 Å². The number of benzene rings is 1. The summed E-state index contributed by atoms with van der Waals surface area (Å²) in [4.78, 5) is 17.4. The van der Waals surface area contributed by atoms with Crippen LogP contribution in [0.5, 0.6) is 0 Å². The summed E-state index contributed by atoms with van der Waals surface area (Å²) in [7, 11) is 0. The van der Waals surface area contributed by atoms with E-state index in [4.69, 9.17) is 0 Å². The highest BCUT2D eigenvalue weighted by atomic mass is 32.1. The molecular formula is C17H14N2OS. The third kappa shape index (κ3) is 3.17. The smallest absolute Gasteiger partial charge is 0.252 e. The Hall–Kier alpha value is -2.46. The zero-order valence-electron chi connectivity index (χ0n) is 11.3. The Bertz CT molecular complexity index is 696. The molecular weight excluding hydrogens is 280 g/mol. The molecule has 21 heavy (non-hydrogen) atoms. The van der Waals surface area contributed by atoms with Crippen molar-refractivity contribution in [2.75, 3.05) is 0 Å². The lowest BCUT2D eigenvalue weighted by Gasteiger charge is -2.18. The first-order chi connectivity index (χ1) is 10.3. The van der Waals surface area contributed by atoms with Crippen LogP contribution in [0.1, 0.15) is 26.8 Å². The van der Waals surface area contributed by atoms with Crippen molar-refractivity contribution < 1.29 is 4.79 Å². The van der Waals surface area contributed by atoms with E-state index in [1.54, 1.807) is 35.9 Å². The third-order valence-corrected chi connectivity index (χ3v) is 4.12. The van der Waals surface area contributed by atoms with Gasteiger partial charge in [0.1, 0.15) is 0 Å². The van der Waals surface area contributed by atoms with Gasteiger partial charge in [-0.15, -0.1) is 11.3 Å². The first kappa shape index (κ1) is 13.5. The molecule has 3 rings (SSSR count). The minimum absolute atomic E-state index is 0.0975. The van der Waals surface area contributed by atoms with E-state index >= 15 is 0 Å². The fourth-order valence-corrected chi connectivity index (χ4v) is 2.94. The Morgan fingerprint density at radius 1 is 1.00 bits per heavy atom. The molecule has 1 aromatic carbocycles. The number of carbonyl (C=O) groups is 1. The van der Waals surface area contributed by atoms with Gasteiger partial charge >= 0.3 is 0 Å². The molecule has 1 atom stereocenters. The summed E-state index contributed by atoms with van der Waals surface area (Å²) in [5.74, 6) is -0.0975. The molecule has 3 nitrogen and oxygen atoms in total. The number of thiophene rings is 1. The summed E-state index contributed by atoms with van der Waals surface area (Å²) in [6.45, 7) is 0. The Balaban J connectivity index is 1.89. The maximum Gasteiger partial charge on any atom is 0.252 e. The Labute approximate surface area is 127 Å². The highest BCUT2D eigenvalue weighted by Gasteiger charge is 2.18. The van der Waals surface area contributed by atoms with Gasteiger partial charge in [-0.25, -0.2) is 0 Å². The quantitative estimate of drug-likeness (QED) is 0.798. The summed E-state index contributed by atoms with van der Waals surface area (Å²) in [6, 6.07) is 17.3. The summed E-state index contributed by atoms with van der Waals surface area (Å²) < 4.78 is 0. The molecule has 3 aromatic rings. The van der Waals surface area contributed by atoms with E-state index < -0.39 is 0 Å². The second-order valence-corrected chi connectivity index (χ2v) is 5.55. The van der Waals surface area contributed by atoms with Crippen LogP contribution in [0.25, 0.3) is 0 Å². The Morgan fingerprint density at radius 2 is 1.76 bits per heavy atom. The van der Waals surface area contributed by atoms with E-state index in [1.807, 2.05) is 47.8 Å². The summed E-state index contributed by atoms with van der Waals surface area (Å²) in [5.41, 5.74) is 1.69. The second-order valence-electron chi connectivity index (χ2n) is 4.57. The summed E-state index contributed by atoms with van der Waals surface area (Å²) in [5, 5.41) is 5.11. The number of hydrogen-bond donors (Lipinski definition) is 1. The molecule has 0 aliphatic carbocycles. The van der Waals surface area contributed by atoms with Crippen molar-refractivity contribution in [3.05, 3.63) is 88.4 Å². The van der Waals surface area contributed by atoms with E-state index in [2.05, 4.69) is 10.3 Å². The number of carbonyl (C=O) groups excluding carboxylic acids is 1. The first-order valence-corrected chi connectivity index (χ1v) is 7.52. The number of amides is 1. The van der Waals surface area contributed by atoms with Crippen LogP contribution >= 0.6 is 11.3 Å². The van der Waals surface area contributed by atoms with E-state index in [1.165, 1.54) is 0 Å². The molecule has 2 aromatic heterocycles. The molecule has 1 unspecified atom stereocenters. The molecule has 0 fully saturated rings. The number of hydrogen-bond acceptors (Lipinski definition) is 3. The van der Waals surface area contributed by atoms with Gasteiger partial charge in [-0.3, -0.25) is 9.78 Å². The zero-order chi connectivity index (χ0) is 14.5. The van der Waals surface area contributed by atoms with Gasteiger partial charge in [-0.2, -0.15) is 0 Å². The number of nitrogens with one attached hydrogen (secondary N) is 1. The molecule has 4 heteroatoms. The highest BCUT2D eigenvalue weighted by molar-refractivity contribution is 7.10. The van der Waals surface area contributed by atoms with E-state index in [0.29, 0.717) is 5.56 Å². The minimum atomic E-state index is -0.133. The van der Waals surface area contributed by atoms with Crippen molar-refractivity contribution in [1.82, 2.24) is 10.3 Å². The standard InChI is InChI=1S/C17H14N2OS/c20-17(14-8-10-18-11-9-14)19-16(15-7-4-12-21-15)13-5-2-1-3-6-13/h1-12,16H,(H,19,20). The molecule has 1 N–H and O–H groups in total. The predicted octanol–water partition coefficient (Wildman–Crippen LogP) is 3.66. The van der Waals surface area contributed by atoms with E-state index in [-0.39, 0.29) is 11.9 Å². The Morgan fingerprint density at radius 3 is 2.43 bits per heavy atom. The summed E-state index contributed by atoms with van der Waals surface area (Å²) in [6.07, 6.45) is 3.25. The molecule has 0 saturated heterocycles. The van der Waals surface area contributed by atoms with Crippen LogP contribution in [0.15, 0.2) is 72.4 Å². The Kier molecular flexibility index (Phi) is 4.07. The number of nitrogens with zero attached hydrogens (tertiary/aromatic N) is 1. The van der Waals surface area contributed by atoms with Crippen molar-refractivity contribution >= 4 is 17.2 Å². The lowest BCUT2D eigenvalue weighted by molar-refractivity contribution is 0.0943. The van der Waals surface area contributed by atoms with Crippen molar-refractivity contribution in [3.8, 4) is 0 Å². The molecule has 2 heterocycles. The summed E-state index contributed by atoms with van der Waals surface area (Å²) >= 11 is 1.64. The van der Waals surface area contributed by atoms with E-state index in [0.717, 1.165) is 10.4 Å². The number of pyridine rings is 1. The lowest BCUT2D eigenvalue weighted by atomic mass is 10.0. The van der Waals surface area contributed by atoms with Crippen LogP contribution < -0.4 is 5.32 Å². The molecule has 0 saturated carbocycles. The molecule has 0 spiro atoms. The second kappa shape index (κ2) is 6.33. The first-order valence-electron chi connectivity index (χ1n) is 6.64. The van der Waals surface area contributed by atoms with Gasteiger partial charge in [-0.1, -0.05) is 36.4 Å². The minimum Gasteiger partial charge on any atom is -0.340 e. The topological polar surface area (TPSA) is 42.0 Å². The molecule has 0 bridgehead atoms. The average Bonchev–Trinajstić information content (AvgIpc) is 3.08. The van der Waals surface area contributed by atoms with Crippen molar-refractivity contribution in [3.63, 3.8) is 0 Å². The SMILES string of the molecule is O=C(NC(c1ccccc1)c1cccs1)c1ccncc1. The third-order valence-electron chi connectivity index (χ3n) is 3.18. The monoisotopic (exact) mass is 294 g/mol. The van der Waals surface area contributed by atoms with Gasteiger partial charge in [0.2, 0.25) is 0 Å².